The molecule has 0 unspecified atom stereocenters. The van der Waals surface area contributed by atoms with Crippen LogP contribution in [0.25, 0.3) is 0 Å². The fraction of sp³-hybridized carbons (Fsp3) is 0.182. The van der Waals surface area contributed by atoms with Gasteiger partial charge in [-0.1, -0.05) is 11.6 Å². The number of hydrogen-bond acceptors (Lipinski definition) is 4. The van der Waals surface area contributed by atoms with E-state index in [9.17, 15) is 4.79 Å². The van der Waals surface area contributed by atoms with E-state index >= 15 is 0 Å². The maximum Gasteiger partial charge on any atom is 0.260 e. The number of halogens is 1. The fourth-order valence-electron chi connectivity index (χ4n) is 1.44. The molecule has 0 spiro atoms. The van der Waals surface area contributed by atoms with Crippen LogP contribution in [0.3, 0.4) is 0 Å². The first-order chi connectivity index (χ1) is 8.06. The van der Waals surface area contributed by atoms with Crippen molar-refractivity contribution < 1.29 is 9.21 Å². The minimum absolute atomic E-state index is 0.225. The fourth-order valence-corrected chi connectivity index (χ4v) is 1.59. The van der Waals surface area contributed by atoms with Gasteiger partial charge in [0.15, 0.2) is 5.82 Å². The zero-order valence-corrected chi connectivity index (χ0v) is 10.1. The van der Waals surface area contributed by atoms with Gasteiger partial charge in [-0.25, -0.2) is 4.98 Å². The third-order valence-corrected chi connectivity index (χ3v) is 2.31. The SMILES string of the molecule is Cc1cc(C(=O)Nc2cncc(Cl)n2)c(C)o1. The molecule has 0 saturated carbocycles. The largest absolute Gasteiger partial charge is 0.466 e. The average molecular weight is 252 g/mol. The van der Waals surface area contributed by atoms with Crippen LogP contribution in [-0.2, 0) is 0 Å². The van der Waals surface area contributed by atoms with E-state index in [1.807, 2.05) is 0 Å². The Morgan fingerprint density at radius 1 is 1.41 bits per heavy atom. The Hall–Kier alpha value is -1.88. The van der Waals surface area contributed by atoms with Crippen molar-refractivity contribution in [3.63, 3.8) is 0 Å². The van der Waals surface area contributed by atoms with Crippen LogP contribution in [0, 0.1) is 13.8 Å². The average Bonchev–Trinajstić information content (AvgIpc) is 2.58. The molecule has 2 heterocycles. The maximum atomic E-state index is 11.9. The Kier molecular flexibility index (Phi) is 3.10. The first-order valence-electron chi connectivity index (χ1n) is 4.92. The normalized spacial score (nSPS) is 10.3. The summed E-state index contributed by atoms with van der Waals surface area (Å²) in [5, 5.41) is 2.82. The van der Waals surface area contributed by atoms with Gasteiger partial charge < -0.3 is 9.73 Å². The molecule has 0 aliphatic carbocycles. The number of carbonyl (C=O) groups excluding carboxylic acids is 1. The second kappa shape index (κ2) is 4.55. The van der Waals surface area contributed by atoms with E-state index < -0.39 is 0 Å². The van der Waals surface area contributed by atoms with E-state index in [2.05, 4.69) is 15.3 Å². The molecule has 5 nitrogen and oxygen atoms in total. The van der Waals surface area contributed by atoms with Crippen molar-refractivity contribution in [1.82, 2.24) is 9.97 Å². The molecule has 1 N–H and O–H groups in total. The summed E-state index contributed by atoms with van der Waals surface area (Å²) < 4.78 is 5.27. The van der Waals surface area contributed by atoms with Crippen molar-refractivity contribution in [3.8, 4) is 0 Å². The Morgan fingerprint density at radius 3 is 2.76 bits per heavy atom. The van der Waals surface area contributed by atoms with E-state index in [1.54, 1.807) is 19.9 Å². The van der Waals surface area contributed by atoms with Crippen LogP contribution in [0.2, 0.25) is 5.15 Å². The van der Waals surface area contributed by atoms with Gasteiger partial charge in [-0.15, -0.1) is 0 Å². The number of nitrogens with zero attached hydrogens (tertiary/aromatic N) is 2. The van der Waals surface area contributed by atoms with Crippen LogP contribution in [0.1, 0.15) is 21.9 Å². The monoisotopic (exact) mass is 251 g/mol. The number of hydrogen-bond donors (Lipinski definition) is 1. The van der Waals surface area contributed by atoms with Crippen molar-refractivity contribution in [1.29, 1.82) is 0 Å². The first kappa shape index (κ1) is 11.6. The summed E-state index contributed by atoms with van der Waals surface area (Å²) >= 11 is 5.67. The lowest BCUT2D eigenvalue weighted by Gasteiger charge is -2.02. The number of carbonyl (C=O) groups is 1. The van der Waals surface area contributed by atoms with Gasteiger partial charge in [0.05, 0.1) is 18.0 Å². The molecular formula is C11H10ClN3O2. The molecule has 0 atom stereocenters. The summed E-state index contributed by atoms with van der Waals surface area (Å²) in [6.07, 6.45) is 2.82. The summed E-state index contributed by atoms with van der Waals surface area (Å²) in [7, 11) is 0. The number of aryl methyl sites for hydroxylation is 2. The predicted octanol–water partition coefficient (Wildman–Crippen LogP) is 2.59. The van der Waals surface area contributed by atoms with Crippen LogP contribution in [-0.4, -0.2) is 15.9 Å². The number of furan rings is 1. The van der Waals surface area contributed by atoms with E-state index in [0.717, 1.165) is 0 Å². The van der Waals surface area contributed by atoms with Crippen LogP contribution >= 0.6 is 11.6 Å². The van der Waals surface area contributed by atoms with E-state index in [0.29, 0.717) is 22.9 Å². The minimum Gasteiger partial charge on any atom is -0.466 e. The summed E-state index contributed by atoms with van der Waals surface area (Å²) in [4.78, 5) is 19.6. The van der Waals surface area contributed by atoms with E-state index in [1.165, 1.54) is 12.4 Å². The maximum absolute atomic E-state index is 11.9. The molecule has 1 amide bonds. The molecule has 0 bridgehead atoms. The summed E-state index contributed by atoms with van der Waals surface area (Å²) in [5.74, 6) is 1.26. The van der Waals surface area contributed by atoms with Gasteiger partial charge in [-0.2, -0.15) is 0 Å². The Morgan fingerprint density at radius 2 is 2.18 bits per heavy atom. The molecular weight excluding hydrogens is 242 g/mol. The molecule has 88 valence electrons. The highest BCUT2D eigenvalue weighted by Gasteiger charge is 2.14. The highest BCUT2D eigenvalue weighted by atomic mass is 35.5. The van der Waals surface area contributed by atoms with Gasteiger partial charge in [0.25, 0.3) is 5.91 Å². The Labute approximate surface area is 103 Å². The van der Waals surface area contributed by atoms with E-state index in [-0.39, 0.29) is 11.1 Å². The Balaban J connectivity index is 2.20. The first-order valence-corrected chi connectivity index (χ1v) is 5.30. The summed E-state index contributed by atoms with van der Waals surface area (Å²) in [6, 6.07) is 1.67. The van der Waals surface area contributed by atoms with Gasteiger partial charge in [0.1, 0.15) is 16.7 Å². The molecule has 2 aromatic heterocycles. The highest BCUT2D eigenvalue weighted by Crippen LogP contribution is 2.15. The van der Waals surface area contributed by atoms with Crippen LogP contribution in [0.4, 0.5) is 5.82 Å². The lowest BCUT2D eigenvalue weighted by Crippen LogP contribution is -2.13. The third-order valence-electron chi connectivity index (χ3n) is 2.13. The lowest BCUT2D eigenvalue weighted by molar-refractivity contribution is 0.102. The van der Waals surface area contributed by atoms with Gasteiger partial charge in [0.2, 0.25) is 0 Å². The molecule has 17 heavy (non-hydrogen) atoms. The molecule has 0 radical (unpaired) electrons. The molecule has 0 aliphatic heterocycles. The lowest BCUT2D eigenvalue weighted by atomic mass is 10.2. The van der Waals surface area contributed by atoms with Crippen LogP contribution < -0.4 is 5.32 Å². The molecule has 0 saturated heterocycles. The van der Waals surface area contributed by atoms with Crippen molar-refractivity contribution in [2.24, 2.45) is 0 Å². The zero-order valence-electron chi connectivity index (χ0n) is 9.32. The number of anilines is 1. The number of nitrogens with one attached hydrogen (secondary N) is 1. The second-order valence-electron chi connectivity index (χ2n) is 3.51. The zero-order chi connectivity index (χ0) is 12.4. The molecule has 0 fully saturated rings. The summed E-state index contributed by atoms with van der Waals surface area (Å²) in [6.45, 7) is 3.51. The third kappa shape index (κ3) is 2.62. The summed E-state index contributed by atoms with van der Waals surface area (Å²) in [5.41, 5.74) is 0.476. The van der Waals surface area contributed by atoms with Crippen molar-refractivity contribution in [2.75, 3.05) is 5.32 Å². The second-order valence-corrected chi connectivity index (χ2v) is 3.90. The molecule has 6 heteroatoms. The topological polar surface area (TPSA) is 68.0 Å². The van der Waals surface area contributed by atoms with Crippen molar-refractivity contribution in [2.45, 2.75) is 13.8 Å². The van der Waals surface area contributed by atoms with Crippen molar-refractivity contribution >= 4 is 23.3 Å². The van der Waals surface area contributed by atoms with Gasteiger partial charge in [0, 0.05) is 0 Å². The van der Waals surface area contributed by atoms with Gasteiger partial charge in [-0.3, -0.25) is 9.78 Å². The molecule has 0 aromatic carbocycles. The minimum atomic E-state index is -0.295. The number of amides is 1. The molecule has 2 rings (SSSR count). The quantitative estimate of drug-likeness (QED) is 0.891. The standard InChI is InChI=1S/C11H10ClN3O2/c1-6-3-8(7(2)17-6)11(16)15-10-5-13-4-9(12)14-10/h3-5H,1-2H3,(H,14,15,16). The Bertz CT molecular complexity index is 566. The highest BCUT2D eigenvalue weighted by molar-refractivity contribution is 6.29. The van der Waals surface area contributed by atoms with E-state index in [4.69, 9.17) is 16.0 Å². The van der Waals surface area contributed by atoms with Crippen LogP contribution in [0.15, 0.2) is 22.9 Å². The predicted molar refractivity (Wildman–Crippen MR) is 63.2 cm³/mol. The smallest absolute Gasteiger partial charge is 0.260 e. The molecule has 0 aliphatic rings. The van der Waals surface area contributed by atoms with Gasteiger partial charge in [-0.05, 0) is 19.9 Å². The number of aromatic nitrogens is 2. The number of rotatable bonds is 2. The van der Waals surface area contributed by atoms with Gasteiger partial charge >= 0.3 is 0 Å². The molecule has 2 aromatic rings. The van der Waals surface area contributed by atoms with Crippen molar-refractivity contribution in [3.05, 3.63) is 40.7 Å². The van der Waals surface area contributed by atoms with Crippen LogP contribution in [0.5, 0.6) is 0 Å².